The van der Waals surface area contributed by atoms with E-state index in [2.05, 4.69) is 4.74 Å². The van der Waals surface area contributed by atoms with Gasteiger partial charge in [-0.1, -0.05) is 24.3 Å². The van der Waals surface area contributed by atoms with Gasteiger partial charge < -0.3 is 4.74 Å². The highest BCUT2D eigenvalue weighted by Crippen LogP contribution is 2.29. The fourth-order valence-electron chi connectivity index (χ4n) is 1.02. The molecule has 0 spiro atoms. The maximum Gasteiger partial charge on any atom is 0.381 e. The zero-order chi connectivity index (χ0) is 11.5. The zero-order valence-electron chi connectivity index (χ0n) is 7.87. The predicted octanol–water partition coefficient (Wildman–Crippen LogP) is 1.76. The van der Waals surface area contributed by atoms with Crippen LogP contribution in [-0.4, -0.2) is 19.4 Å². The lowest BCUT2D eigenvalue weighted by Crippen LogP contribution is -2.27. The fraction of sp³-hybridized carbons (Fsp3) is 0.200. The molecular weight excluding hydrogens is 206 g/mol. The van der Waals surface area contributed by atoms with E-state index in [-0.39, 0.29) is 5.56 Å². The highest BCUT2D eigenvalue weighted by molar-refractivity contribution is 5.80. The number of ether oxygens (including phenoxy) is 1. The molecule has 1 aromatic rings. The van der Waals surface area contributed by atoms with Gasteiger partial charge in [0.15, 0.2) is 0 Å². The minimum atomic E-state index is -3.68. The molecule has 15 heavy (non-hydrogen) atoms. The minimum absolute atomic E-state index is 0.263. The molecule has 0 unspecified atom stereocenters. The molecule has 3 nitrogen and oxygen atoms in total. The Kier molecular flexibility index (Phi) is 3.14. The summed E-state index contributed by atoms with van der Waals surface area (Å²) in [4.78, 5) is 21.0. The third kappa shape index (κ3) is 2.18. The molecule has 0 saturated carbocycles. The van der Waals surface area contributed by atoms with Crippen molar-refractivity contribution in [2.45, 2.75) is 5.92 Å². The first-order valence-electron chi connectivity index (χ1n) is 4.04. The van der Waals surface area contributed by atoms with Gasteiger partial charge in [-0.3, -0.25) is 4.79 Å². The van der Waals surface area contributed by atoms with Crippen molar-refractivity contribution in [2.75, 3.05) is 7.11 Å². The number of hydrogen-bond donors (Lipinski definition) is 0. The molecule has 0 fully saturated rings. The Morgan fingerprint density at radius 1 is 1.33 bits per heavy atom. The molecule has 1 rings (SSSR count). The first-order valence-corrected chi connectivity index (χ1v) is 4.04. The molecule has 0 aliphatic heterocycles. The molecule has 0 aliphatic carbocycles. The zero-order valence-corrected chi connectivity index (χ0v) is 7.87. The van der Waals surface area contributed by atoms with Crippen molar-refractivity contribution in [3.05, 3.63) is 35.4 Å². The lowest BCUT2D eigenvalue weighted by molar-refractivity contribution is -0.170. The Bertz CT molecular complexity index is 371. The number of halogens is 2. The van der Waals surface area contributed by atoms with Crippen LogP contribution in [0.3, 0.4) is 0 Å². The fourth-order valence-corrected chi connectivity index (χ4v) is 1.02. The van der Waals surface area contributed by atoms with Gasteiger partial charge in [-0.25, -0.2) is 4.79 Å². The normalized spacial score (nSPS) is 10.9. The Balaban J connectivity index is 3.05. The molecular formula is C10H8F2O3. The summed E-state index contributed by atoms with van der Waals surface area (Å²) in [7, 11) is 0.885. The molecule has 0 atom stereocenters. The summed E-state index contributed by atoms with van der Waals surface area (Å²) in [6, 6.07) is 4.44. The van der Waals surface area contributed by atoms with Crippen molar-refractivity contribution in [3.63, 3.8) is 0 Å². The van der Waals surface area contributed by atoms with Gasteiger partial charge in [0.1, 0.15) is 6.29 Å². The lowest BCUT2D eigenvalue weighted by atomic mass is 10.1. The van der Waals surface area contributed by atoms with Crippen LogP contribution in [0.1, 0.15) is 15.9 Å². The molecule has 0 radical (unpaired) electrons. The van der Waals surface area contributed by atoms with E-state index in [1.54, 1.807) is 0 Å². The van der Waals surface area contributed by atoms with E-state index >= 15 is 0 Å². The number of esters is 1. The number of alkyl halides is 2. The van der Waals surface area contributed by atoms with Crippen LogP contribution in [-0.2, 0) is 15.5 Å². The van der Waals surface area contributed by atoms with Crippen LogP contribution in [0.2, 0.25) is 0 Å². The molecule has 0 saturated heterocycles. The van der Waals surface area contributed by atoms with Crippen LogP contribution >= 0.6 is 0 Å². The molecule has 0 heterocycles. The van der Waals surface area contributed by atoms with Crippen molar-refractivity contribution in [3.8, 4) is 0 Å². The van der Waals surface area contributed by atoms with Crippen LogP contribution in [0.15, 0.2) is 24.3 Å². The van der Waals surface area contributed by atoms with E-state index in [0.29, 0.717) is 6.29 Å². The van der Waals surface area contributed by atoms with Gasteiger partial charge in [0.25, 0.3) is 0 Å². The summed E-state index contributed by atoms with van der Waals surface area (Å²) in [6.07, 6.45) is 0.528. The van der Waals surface area contributed by atoms with Crippen molar-refractivity contribution in [1.29, 1.82) is 0 Å². The van der Waals surface area contributed by atoms with E-state index in [4.69, 9.17) is 0 Å². The number of carbonyl (C=O) groups is 2. The summed E-state index contributed by atoms with van der Waals surface area (Å²) >= 11 is 0. The van der Waals surface area contributed by atoms with Crippen molar-refractivity contribution in [1.82, 2.24) is 0 Å². The molecule has 0 aliphatic rings. The Hall–Kier alpha value is -1.78. The van der Waals surface area contributed by atoms with E-state index in [1.165, 1.54) is 12.1 Å². The number of carbonyl (C=O) groups excluding carboxylic acids is 2. The van der Waals surface area contributed by atoms with Gasteiger partial charge in [0.2, 0.25) is 0 Å². The topological polar surface area (TPSA) is 43.4 Å². The van der Waals surface area contributed by atoms with Crippen LogP contribution in [0.4, 0.5) is 8.78 Å². The maximum absolute atomic E-state index is 13.2. The van der Waals surface area contributed by atoms with Crippen LogP contribution in [0, 0.1) is 0 Å². The van der Waals surface area contributed by atoms with Gasteiger partial charge >= 0.3 is 11.9 Å². The molecule has 0 aromatic heterocycles. The van der Waals surface area contributed by atoms with Crippen molar-refractivity contribution in [2.24, 2.45) is 0 Å². The third-order valence-electron chi connectivity index (χ3n) is 1.85. The molecule has 0 amide bonds. The SMILES string of the molecule is COC(=O)C(F)(F)c1ccc(C=O)cc1. The minimum Gasteiger partial charge on any atom is -0.464 e. The van der Waals surface area contributed by atoms with E-state index < -0.39 is 17.5 Å². The van der Waals surface area contributed by atoms with Gasteiger partial charge in [0, 0.05) is 11.1 Å². The van der Waals surface area contributed by atoms with E-state index in [1.807, 2.05) is 0 Å². The van der Waals surface area contributed by atoms with E-state index in [0.717, 1.165) is 19.2 Å². The summed E-state index contributed by atoms with van der Waals surface area (Å²) in [5, 5.41) is 0. The second-order valence-corrected chi connectivity index (χ2v) is 2.81. The largest absolute Gasteiger partial charge is 0.464 e. The predicted molar refractivity (Wildman–Crippen MR) is 47.7 cm³/mol. The average molecular weight is 214 g/mol. The Morgan fingerprint density at radius 2 is 1.87 bits per heavy atom. The summed E-state index contributed by atoms with van der Waals surface area (Å²) in [5.41, 5.74) is -0.237. The highest BCUT2D eigenvalue weighted by Gasteiger charge is 2.42. The first-order chi connectivity index (χ1) is 7.02. The summed E-state index contributed by atoms with van der Waals surface area (Å²) in [5.74, 6) is -5.31. The molecule has 0 bridgehead atoms. The Morgan fingerprint density at radius 3 is 2.27 bits per heavy atom. The van der Waals surface area contributed by atoms with Crippen molar-refractivity contribution < 1.29 is 23.1 Å². The quantitative estimate of drug-likeness (QED) is 0.568. The van der Waals surface area contributed by atoms with Crippen LogP contribution < -0.4 is 0 Å². The van der Waals surface area contributed by atoms with Gasteiger partial charge in [0.05, 0.1) is 7.11 Å². The summed E-state index contributed by atoms with van der Waals surface area (Å²) in [6.45, 7) is 0. The van der Waals surface area contributed by atoms with Gasteiger partial charge in [-0.15, -0.1) is 0 Å². The number of hydrogen-bond acceptors (Lipinski definition) is 3. The standard InChI is InChI=1S/C10H8F2O3/c1-15-9(14)10(11,12)8-4-2-7(6-13)3-5-8/h2-6H,1H3. The monoisotopic (exact) mass is 214 g/mol. The van der Waals surface area contributed by atoms with Crippen LogP contribution in [0.25, 0.3) is 0 Å². The number of rotatable bonds is 3. The average Bonchev–Trinajstić information content (AvgIpc) is 2.28. The smallest absolute Gasteiger partial charge is 0.381 e. The second-order valence-electron chi connectivity index (χ2n) is 2.81. The Labute approximate surface area is 84.7 Å². The third-order valence-corrected chi connectivity index (χ3v) is 1.85. The van der Waals surface area contributed by atoms with E-state index in [9.17, 15) is 18.4 Å². The number of aldehydes is 1. The van der Waals surface area contributed by atoms with Crippen LogP contribution in [0.5, 0.6) is 0 Å². The highest BCUT2D eigenvalue weighted by atomic mass is 19.3. The van der Waals surface area contributed by atoms with Gasteiger partial charge in [-0.05, 0) is 0 Å². The number of methoxy groups -OCH3 is 1. The first kappa shape index (κ1) is 11.3. The second kappa shape index (κ2) is 4.16. The molecule has 5 heteroatoms. The van der Waals surface area contributed by atoms with Crippen molar-refractivity contribution >= 4 is 12.3 Å². The number of benzene rings is 1. The maximum atomic E-state index is 13.2. The molecule has 1 aromatic carbocycles. The lowest BCUT2D eigenvalue weighted by Gasteiger charge is -2.13. The molecule has 80 valence electrons. The molecule has 0 N–H and O–H groups in total. The summed E-state index contributed by atoms with van der Waals surface area (Å²) < 4.78 is 30.4. The van der Waals surface area contributed by atoms with Gasteiger partial charge in [-0.2, -0.15) is 8.78 Å².